The largest absolute Gasteiger partial charge is 0.404 e. The van der Waals surface area contributed by atoms with Gasteiger partial charge in [0.05, 0.1) is 4.90 Å². The first-order chi connectivity index (χ1) is 7.23. The van der Waals surface area contributed by atoms with Gasteiger partial charge in [-0.1, -0.05) is 18.2 Å². The van der Waals surface area contributed by atoms with Gasteiger partial charge in [-0.25, -0.2) is 8.42 Å². The first-order valence-electron chi connectivity index (χ1n) is 4.37. The van der Waals surface area contributed by atoms with Gasteiger partial charge in [0.1, 0.15) is 6.04 Å². The van der Waals surface area contributed by atoms with E-state index in [9.17, 15) is 21.6 Å². The maximum absolute atomic E-state index is 12.2. The van der Waals surface area contributed by atoms with Crippen molar-refractivity contribution in [3.63, 3.8) is 0 Å². The summed E-state index contributed by atoms with van der Waals surface area (Å²) >= 11 is 0. The lowest BCUT2D eigenvalue weighted by atomic mass is 10.4. The van der Waals surface area contributed by atoms with Crippen molar-refractivity contribution in [2.24, 2.45) is 0 Å². The Morgan fingerprint density at radius 2 is 1.69 bits per heavy atom. The van der Waals surface area contributed by atoms with Gasteiger partial charge in [0.15, 0.2) is 0 Å². The Morgan fingerprint density at radius 1 is 1.19 bits per heavy atom. The molecule has 0 saturated heterocycles. The van der Waals surface area contributed by atoms with Crippen LogP contribution in [0.15, 0.2) is 35.2 Å². The zero-order valence-electron chi connectivity index (χ0n) is 8.32. The molecule has 0 saturated carbocycles. The molecule has 0 radical (unpaired) electrons. The normalized spacial score (nSPS) is 14.8. The molecule has 90 valence electrons. The highest BCUT2D eigenvalue weighted by atomic mass is 32.2. The van der Waals surface area contributed by atoms with Crippen LogP contribution in [0.25, 0.3) is 0 Å². The summed E-state index contributed by atoms with van der Waals surface area (Å²) in [4.78, 5) is -0.189. The van der Waals surface area contributed by atoms with E-state index in [1.807, 2.05) is 0 Å². The van der Waals surface area contributed by atoms with Gasteiger partial charge < -0.3 is 0 Å². The van der Waals surface area contributed by atoms with Crippen LogP contribution in [0.4, 0.5) is 13.2 Å². The van der Waals surface area contributed by atoms with Crippen LogP contribution in [0, 0.1) is 0 Å². The Bertz CT molecular complexity index is 442. The fourth-order valence-corrected chi connectivity index (χ4v) is 2.22. The monoisotopic (exact) mass is 253 g/mol. The van der Waals surface area contributed by atoms with Gasteiger partial charge >= 0.3 is 6.18 Å². The Morgan fingerprint density at radius 3 is 2.12 bits per heavy atom. The summed E-state index contributed by atoms with van der Waals surface area (Å²) < 4.78 is 61.0. The van der Waals surface area contributed by atoms with Crippen molar-refractivity contribution >= 4 is 10.0 Å². The van der Waals surface area contributed by atoms with Gasteiger partial charge in [-0.2, -0.15) is 17.9 Å². The second-order valence-electron chi connectivity index (χ2n) is 3.20. The third kappa shape index (κ3) is 3.21. The summed E-state index contributed by atoms with van der Waals surface area (Å²) in [5.41, 5.74) is 0. The molecule has 1 rings (SSSR count). The van der Waals surface area contributed by atoms with Crippen molar-refractivity contribution in [2.75, 3.05) is 0 Å². The lowest BCUT2D eigenvalue weighted by molar-refractivity contribution is -0.147. The molecule has 0 aliphatic carbocycles. The summed E-state index contributed by atoms with van der Waals surface area (Å²) in [5, 5.41) is 0. The molecule has 0 aromatic heterocycles. The summed E-state index contributed by atoms with van der Waals surface area (Å²) in [5.74, 6) is 0. The molecule has 3 nitrogen and oxygen atoms in total. The maximum atomic E-state index is 12.2. The van der Waals surface area contributed by atoms with E-state index in [-0.39, 0.29) is 4.90 Å². The summed E-state index contributed by atoms with van der Waals surface area (Å²) in [7, 11) is -4.11. The van der Waals surface area contributed by atoms with Gasteiger partial charge in [0, 0.05) is 0 Å². The lowest BCUT2D eigenvalue weighted by Gasteiger charge is -2.17. The van der Waals surface area contributed by atoms with Crippen LogP contribution in [0.1, 0.15) is 6.92 Å². The fourth-order valence-electron chi connectivity index (χ4n) is 0.967. The average Bonchev–Trinajstić information content (AvgIpc) is 2.17. The molecule has 1 unspecified atom stereocenters. The SMILES string of the molecule is CC(NS(=O)(=O)c1ccccc1)C(F)(F)F. The van der Waals surface area contributed by atoms with Crippen molar-refractivity contribution in [1.29, 1.82) is 0 Å². The molecule has 0 aliphatic heterocycles. The van der Waals surface area contributed by atoms with E-state index in [1.54, 1.807) is 10.8 Å². The molecule has 0 amide bonds. The minimum Gasteiger partial charge on any atom is -0.207 e. The van der Waals surface area contributed by atoms with Gasteiger partial charge in [0.2, 0.25) is 10.0 Å². The summed E-state index contributed by atoms with van der Waals surface area (Å²) in [6.07, 6.45) is -4.60. The van der Waals surface area contributed by atoms with E-state index in [0.717, 1.165) is 6.92 Å². The quantitative estimate of drug-likeness (QED) is 0.894. The third-order valence-electron chi connectivity index (χ3n) is 1.88. The van der Waals surface area contributed by atoms with E-state index in [1.165, 1.54) is 24.3 Å². The molecule has 0 spiro atoms. The molecule has 0 fully saturated rings. The van der Waals surface area contributed by atoms with Crippen LogP contribution in [0.5, 0.6) is 0 Å². The Balaban J connectivity index is 2.90. The molecule has 1 aromatic carbocycles. The first-order valence-corrected chi connectivity index (χ1v) is 5.86. The highest BCUT2D eigenvalue weighted by Gasteiger charge is 2.38. The van der Waals surface area contributed by atoms with E-state index in [4.69, 9.17) is 0 Å². The van der Waals surface area contributed by atoms with Crippen molar-refractivity contribution in [1.82, 2.24) is 4.72 Å². The molecule has 16 heavy (non-hydrogen) atoms. The minimum absolute atomic E-state index is 0.189. The van der Waals surface area contributed by atoms with Crippen LogP contribution >= 0.6 is 0 Å². The van der Waals surface area contributed by atoms with E-state index >= 15 is 0 Å². The van der Waals surface area contributed by atoms with E-state index in [0.29, 0.717) is 0 Å². The number of sulfonamides is 1. The van der Waals surface area contributed by atoms with Crippen molar-refractivity contribution < 1.29 is 21.6 Å². The number of benzene rings is 1. The molecular formula is C9H10F3NO2S. The summed E-state index contributed by atoms with van der Waals surface area (Å²) in [6, 6.07) is 4.79. The topological polar surface area (TPSA) is 46.2 Å². The number of rotatable bonds is 3. The Labute approximate surface area is 91.3 Å². The fraction of sp³-hybridized carbons (Fsp3) is 0.333. The van der Waals surface area contributed by atoms with Crippen molar-refractivity contribution in [3.8, 4) is 0 Å². The Hall–Kier alpha value is -1.08. The molecule has 1 atom stereocenters. The second kappa shape index (κ2) is 4.42. The van der Waals surface area contributed by atoms with Gasteiger partial charge in [-0.15, -0.1) is 0 Å². The van der Waals surface area contributed by atoms with Crippen LogP contribution in [-0.4, -0.2) is 20.6 Å². The summed E-state index contributed by atoms with van der Waals surface area (Å²) in [6.45, 7) is 0.750. The average molecular weight is 253 g/mol. The molecule has 7 heteroatoms. The molecule has 0 bridgehead atoms. The highest BCUT2D eigenvalue weighted by molar-refractivity contribution is 7.89. The van der Waals surface area contributed by atoms with Gasteiger partial charge in [-0.05, 0) is 19.1 Å². The predicted octanol–water partition coefficient (Wildman–Crippen LogP) is 1.92. The zero-order chi connectivity index (χ0) is 12.4. The van der Waals surface area contributed by atoms with Crippen LogP contribution in [0.3, 0.4) is 0 Å². The smallest absolute Gasteiger partial charge is 0.207 e. The third-order valence-corrected chi connectivity index (χ3v) is 3.43. The van der Waals surface area contributed by atoms with Crippen LogP contribution < -0.4 is 4.72 Å². The molecule has 1 aromatic rings. The highest BCUT2D eigenvalue weighted by Crippen LogP contribution is 2.21. The number of hydrogen-bond donors (Lipinski definition) is 1. The molecule has 0 aliphatic rings. The number of hydrogen-bond acceptors (Lipinski definition) is 2. The van der Waals surface area contributed by atoms with Crippen LogP contribution in [0.2, 0.25) is 0 Å². The number of alkyl halides is 3. The van der Waals surface area contributed by atoms with Gasteiger partial charge in [0.25, 0.3) is 0 Å². The van der Waals surface area contributed by atoms with Crippen molar-refractivity contribution in [2.45, 2.75) is 24.0 Å². The molecular weight excluding hydrogens is 243 g/mol. The molecule has 0 heterocycles. The van der Waals surface area contributed by atoms with Gasteiger partial charge in [-0.3, -0.25) is 0 Å². The second-order valence-corrected chi connectivity index (χ2v) is 4.91. The zero-order valence-corrected chi connectivity index (χ0v) is 9.14. The first kappa shape index (κ1) is 13.0. The maximum Gasteiger partial charge on any atom is 0.404 e. The van der Waals surface area contributed by atoms with E-state index < -0.39 is 22.2 Å². The number of nitrogens with one attached hydrogen (secondary N) is 1. The van der Waals surface area contributed by atoms with Crippen molar-refractivity contribution in [3.05, 3.63) is 30.3 Å². The molecule has 1 N–H and O–H groups in total. The number of halogens is 3. The minimum atomic E-state index is -4.60. The lowest BCUT2D eigenvalue weighted by Crippen LogP contribution is -2.42. The van der Waals surface area contributed by atoms with E-state index in [2.05, 4.69) is 0 Å². The van der Waals surface area contributed by atoms with Crippen LogP contribution in [-0.2, 0) is 10.0 Å². The Kier molecular flexibility index (Phi) is 3.59. The predicted molar refractivity (Wildman–Crippen MR) is 52.3 cm³/mol. The standard InChI is InChI=1S/C9H10F3NO2S/c1-7(9(10,11)12)13-16(14,15)8-5-3-2-4-6-8/h2-7,13H,1H3.